The molecule has 7 heteroatoms. The van der Waals surface area contributed by atoms with Crippen LogP contribution in [0.3, 0.4) is 0 Å². The van der Waals surface area contributed by atoms with Gasteiger partial charge < -0.3 is 15.1 Å². The summed E-state index contributed by atoms with van der Waals surface area (Å²) in [6.45, 7) is 3.92. The van der Waals surface area contributed by atoms with E-state index >= 15 is 0 Å². The molecule has 2 aromatic rings. The SMILES string of the molecule is CN=C(NCCSc1ccccc1)NCC(c1ccco1)N1CCCC1.I. The minimum absolute atomic E-state index is 0. The Balaban J connectivity index is 0.00000261. The quantitative estimate of drug-likeness (QED) is 0.189. The van der Waals surface area contributed by atoms with Gasteiger partial charge in [-0.3, -0.25) is 9.89 Å². The van der Waals surface area contributed by atoms with Crippen molar-refractivity contribution in [2.75, 3.05) is 39.0 Å². The van der Waals surface area contributed by atoms with Crippen LogP contribution in [0.1, 0.15) is 24.6 Å². The maximum atomic E-state index is 5.68. The van der Waals surface area contributed by atoms with E-state index in [1.807, 2.05) is 30.9 Å². The summed E-state index contributed by atoms with van der Waals surface area (Å²) in [6.07, 6.45) is 4.29. The Morgan fingerprint density at radius 3 is 2.59 bits per heavy atom. The summed E-state index contributed by atoms with van der Waals surface area (Å²) in [4.78, 5) is 8.13. The number of hydrogen-bond donors (Lipinski definition) is 2. The third-order valence-electron chi connectivity index (χ3n) is 4.55. The highest BCUT2D eigenvalue weighted by Crippen LogP contribution is 2.24. The maximum absolute atomic E-state index is 5.68. The number of benzene rings is 1. The lowest BCUT2D eigenvalue weighted by atomic mass is 10.2. The van der Waals surface area contributed by atoms with Gasteiger partial charge in [-0.2, -0.15) is 0 Å². The van der Waals surface area contributed by atoms with Crippen molar-refractivity contribution in [3.63, 3.8) is 0 Å². The van der Waals surface area contributed by atoms with Gasteiger partial charge in [-0.1, -0.05) is 18.2 Å². The predicted molar refractivity (Wildman–Crippen MR) is 124 cm³/mol. The lowest BCUT2D eigenvalue weighted by Gasteiger charge is -2.26. The Morgan fingerprint density at radius 1 is 1.15 bits per heavy atom. The number of hydrogen-bond acceptors (Lipinski definition) is 4. The molecule has 1 atom stereocenters. The monoisotopic (exact) mass is 500 g/mol. The van der Waals surface area contributed by atoms with Gasteiger partial charge in [0.2, 0.25) is 0 Å². The largest absolute Gasteiger partial charge is 0.468 e. The van der Waals surface area contributed by atoms with E-state index in [9.17, 15) is 0 Å². The van der Waals surface area contributed by atoms with Crippen molar-refractivity contribution < 1.29 is 4.42 Å². The van der Waals surface area contributed by atoms with Crippen molar-refractivity contribution in [3.05, 3.63) is 54.5 Å². The van der Waals surface area contributed by atoms with Crippen LogP contribution in [0.4, 0.5) is 0 Å². The molecule has 1 aromatic carbocycles. The molecule has 0 radical (unpaired) electrons. The molecule has 1 fully saturated rings. The van der Waals surface area contributed by atoms with E-state index in [0.29, 0.717) is 0 Å². The van der Waals surface area contributed by atoms with Crippen molar-refractivity contribution in [2.24, 2.45) is 4.99 Å². The fraction of sp³-hybridized carbons (Fsp3) is 0.450. The number of nitrogens with one attached hydrogen (secondary N) is 2. The summed E-state index contributed by atoms with van der Waals surface area (Å²) in [6, 6.07) is 14.8. The molecule has 1 aromatic heterocycles. The first kappa shape index (κ1) is 22.1. The normalized spacial score (nSPS) is 16.0. The molecule has 3 rings (SSSR count). The third-order valence-corrected chi connectivity index (χ3v) is 5.56. The molecule has 2 heterocycles. The molecule has 1 aliphatic heterocycles. The van der Waals surface area contributed by atoms with Gasteiger partial charge in [0.05, 0.1) is 12.3 Å². The summed E-state index contributed by atoms with van der Waals surface area (Å²) in [7, 11) is 1.82. The molecular formula is C20H29IN4OS. The molecule has 0 amide bonds. The number of halogens is 1. The Kier molecular flexibility index (Phi) is 10.1. The molecule has 0 aliphatic carbocycles. The summed E-state index contributed by atoms with van der Waals surface area (Å²) in [5.41, 5.74) is 0. The van der Waals surface area contributed by atoms with Gasteiger partial charge in [0.25, 0.3) is 0 Å². The van der Waals surface area contributed by atoms with Gasteiger partial charge in [-0.25, -0.2) is 0 Å². The van der Waals surface area contributed by atoms with Crippen LogP contribution < -0.4 is 10.6 Å². The summed E-state index contributed by atoms with van der Waals surface area (Å²) in [5, 5.41) is 6.86. The Bertz CT molecular complexity index is 660. The summed E-state index contributed by atoms with van der Waals surface area (Å²) >= 11 is 1.85. The fourth-order valence-electron chi connectivity index (χ4n) is 3.21. The highest BCUT2D eigenvalue weighted by atomic mass is 127. The highest BCUT2D eigenvalue weighted by molar-refractivity contribution is 14.0. The van der Waals surface area contributed by atoms with Gasteiger partial charge in [0, 0.05) is 30.8 Å². The molecule has 27 heavy (non-hydrogen) atoms. The van der Waals surface area contributed by atoms with Gasteiger partial charge >= 0.3 is 0 Å². The fourth-order valence-corrected chi connectivity index (χ4v) is 4.00. The summed E-state index contributed by atoms with van der Waals surface area (Å²) in [5.74, 6) is 2.86. The maximum Gasteiger partial charge on any atom is 0.191 e. The second-order valence-electron chi connectivity index (χ2n) is 6.32. The van der Waals surface area contributed by atoms with Gasteiger partial charge in [0.1, 0.15) is 5.76 Å². The molecule has 1 aliphatic rings. The van der Waals surface area contributed by atoms with Crippen molar-refractivity contribution in [1.29, 1.82) is 0 Å². The van der Waals surface area contributed by atoms with Gasteiger partial charge in [-0.15, -0.1) is 35.7 Å². The van der Waals surface area contributed by atoms with E-state index in [0.717, 1.165) is 43.7 Å². The first-order chi connectivity index (χ1) is 12.9. The molecule has 148 valence electrons. The summed E-state index contributed by atoms with van der Waals surface area (Å²) < 4.78 is 5.68. The Morgan fingerprint density at radius 2 is 1.93 bits per heavy atom. The molecule has 0 bridgehead atoms. The lowest BCUT2D eigenvalue weighted by Crippen LogP contribution is -2.43. The number of likely N-dealkylation sites (tertiary alicyclic amines) is 1. The number of thioether (sulfide) groups is 1. The van der Waals surface area contributed by atoms with Crippen LogP contribution >= 0.6 is 35.7 Å². The number of guanidine groups is 1. The molecule has 5 nitrogen and oxygen atoms in total. The average molecular weight is 500 g/mol. The third kappa shape index (κ3) is 7.04. The average Bonchev–Trinajstić information content (AvgIpc) is 3.39. The topological polar surface area (TPSA) is 52.8 Å². The second kappa shape index (κ2) is 12.3. The van der Waals surface area contributed by atoms with Crippen LogP contribution in [-0.2, 0) is 0 Å². The zero-order valence-electron chi connectivity index (χ0n) is 15.8. The first-order valence-electron chi connectivity index (χ1n) is 9.26. The Labute approximate surface area is 183 Å². The van der Waals surface area contributed by atoms with E-state index in [2.05, 4.69) is 50.9 Å². The van der Waals surface area contributed by atoms with E-state index in [4.69, 9.17) is 4.42 Å². The number of furan rings is 1. The molecule has 0 saturated carbocycles. The van der Waals surface area contributed by atoms with Gasteiger partial charge in [0.15, 0.2) is 5.96 Å². The lowest BCUT2D eigenvalue weighted by molar-refractivity contribution is 0.215. The second-order valence-corrected chi connectivity index (χ2v) is 7.48. The molecule has 2 N–H and O–H groups in total. The van der Waals surface area contributed by atoms with Crippen LogP contribution in [0.2, 0.25) is 0 Å². The van der Waals surface area contributed by atoms with Crippen LogP contribution in [0, 0.1) is 0 Å². The van der Waals surface area contributed by atoms with E-state index in [1.165, 1.54) is 17.7 Å². The number of aliphatic imine (C=N–C) groups is 1. The van der Waals surface area contributed by atoms with Crippen LogP contribution in [-0.4, -0.2) is 49.8 Å². The van der Waals surface area contributed by atoms with Crippen molar-refractivity contribution in [3.8, 4) is 0 Å². The molecule has 1 unspecified atom stereocenters. The first-order valence-corrected chi connectivity index (χ1v) is 10.2. The van der Waals surface area contributed by atoms with Crippen molar-refractivity contribution >= 4 is 41.7 Å². The molecule has 0 spiro atoms. The zero-order chi connectivity index (χ0) is 18.0. The van der Waals surface area contributed by atoms with Crippen LogP contribution in [0.25, 0.3) is 0 Å². The minimum Gasteiger partial charge on any atom is -0.468 e. The standard InChI is InChI=1S/C20H28N4OS.HI/c1-21-20(22-11-15-26-17-8-3-2-4-9-17)23-16-18(19-10-7-14-25-19)24-12-5-6-13-24;/h2-4,7-10,14,18H,5-6,11-13,15-16H2,1H3,(H2,21,22,23);1H. The van der Waals surface area contributed by atoms with Crippen molar-refractivity contribution in [2.45, 2.75) is 23.8 Å². The van der Waals surface area contributed by atoms with E-state index in [-0.39, 0.29) is 30.0 Å². The van der Waals surface area contributed by atoms with Crippen LogP contribution in [0.15, 0.2) is 63.0 Å². The van der Waals surface area contributed by atoms with E-state index < -0.39 is 0 Å². The highest BCUT2D eigenvalue weighted by Gasteiger charge is 2.25. The predicted octanol–water partition coefficient (Wildman–Crippen LogP) is 3.99. The zero-order valence-corrected chi connectivity index (χ0v) is 18.9. The van der Waals surface area contributed by atoms with E-state index in [1.54, 1.807) is 6.26 Å². The smallest absolute Gasteiger partial charge is 0.191 e. The number of rotatable bonds is 8. The van der Waals surface area contributed by atoms with Gasteiger partial charge in [-0.05, 0) is 50.2 Å². The van der Waals surface area contributed by atoms with Crippen molar-refractivity contribution in [1.82, 2.24) is 15.5 Å². The number of nitrogens with zero attached hydrogens (tertiary/aromatic N) is 2. The minimum atomic E-state index is 0. The molecular weight excluding hydrogens is 471 g/mol. The Hall–Kier alpha value is -1.19. The molecule has 1 saturated heterocycles. The van der Waals surface area contributed by atoms with Crippen LogP contribution in [0.5, 0.6) is 0 Å².